The van der Waals surface area contributed by atoms with Gasteiger partial charge in [-0.2, -0.15) is 0 Å². The second-order valence-electron chi connectivity index (χ2n) is 2.11. The summed E-state index contributed by atoms with van der Waals surface area (Å²) in [5.74, 6) is 0. The summed E-state index contributed by atoms with van der Waals surface area (Å²) in [4.78, 5) is 0. The molecule has 3 heteroatoms. The minimum Gasteiger partial charge on any atom is -0.616 e. The van der Waals surface area contributed by atoms with Crippen molar-refractivity contribution in [1.29, 1.82) is 0 Å². The maximum Gasteiger partial charge on any atom is 0.128 e. The maximum atomic E-state index is 10.7. The van der Waals surface area contributed by atoms with E-state index in [0.717, 1.165) is 19.5 Å². The molecule has 1 heterocycles. The van der Waals surface area contributed by atoms with Crippen molar-refractivity contribution in [2.45, 2.75) is 11.7 Å². The Kier molecular flexibility index (Phi) is 2.16. The van der Waals surface area contributed by atoms with Crippen LogP contribution in [0.5, 0.6) is 0 Å². The quantitative estimate of drug-likeness (QED) is 0.500. The smallest absolute Gasteiger partial charge is 0.128 e. The Balaban J connectivity index is 2.24. The number of nitrogens with one attached hydrogen (secondary N) is 1. The Hall–Kier alpha value is 0.270. The first-order valence-corrected chi connectivity index (χ1v) is 4.46. The zero-order valence-electron chi connectivity index (χ0n) is 5.02. The molecule has 2 atom stereocenters. The SMILES string of the molecule is C[S+]([O-])C1CCNC1. The first-order valence-electron chi connectivity index (χ1n) is 2.83. The van der Waals surface area contributed by atoms with Gasteiger partial charge in [0.2, 0.25) is 0 Å². The van der Waals surface area contributed by atoms with E-state index in [1.54, 1.807) is 6.26 Å². The van der Waals surface area contributed by atoms with E-state index in [1.807, 2.05) is 0 Å². The van der Waals surface area contributed by atoms with Crippen LogP contribution in [0.1, 0.15) is 6.42 Å². The lowest BCUT2D eigenvalue weighted by molar-refractivity contribution is 0.588. The molecule has 1 fully saturated rings. The summed E-state index contributed by atoms with van der Waals surface area (Å²) in [5.41, 5.74) is 0. The first-order chi connectivity index (χ1) is 3.80. The average molecular weight is 133 g/mol. The van der Waals surface area contributed by atoms with Gasteiger partial charge in [-0.15, -0.1) is 0 Å². The van der Waals surface area contributed by atoms with E-state index in [4.69, 9.17) is 0 Å². The molecule has 0 aromatic carbocycles. The van der Waals surface area contributed by atoms with Gasteiger partial charge < -0.3 is 9.87 Å². The van der Waals surface area contributed by atoms with Crippen LogP contribution in [0.3, 0.4) is 0 Å². The van der Waals surface area contributed by atoms with E-state index in [1.165, 1.54) is 0 Å². The Bertz CT molecular complexity index is 70.8. The zero-order chi connectivity index (χ0) is 5.98. The summed E-state index contributed by atoms with van der Waals surface area (Å²) in [5, 5.41) is 3.59. The Labute approximate surface area is 52.8 Å². The molecule has 0 amide bonds. The summed E-state index contributed by atoms with van der Waals surface area (Å²) in [6, 6.07) is 0. The highest BCUT2D eigenvalue weighted by molar-refractivity contribution is 7.91. The van der Waals surface area contributed by atoms with Gasteiger partial charge in [0.05, 0.1) is 6.26 Å². The first kappa shape index (κ1) is 6.39. The van der Waals surface area contributed by atoms with Crippen molar-refractivity contribution in [2.24, 2.45) is 0 Å². The predicted octanol–water partition coefficient (Wildman–Crippen LogP) is -0.273. The van der Waals surface area contributed by atoms with Gasteiger partial charge in [-0.25, -0.2) is 0 Å². The van der Waals surface area contributed by atoms with E-state index in [2.05, 4.69) is 5.32 Å². The maximum absolute atomic E-state index is 10.7. The lowest BCUT2D eigenvalue weighted by atomic mass is 10.4. The fourth-order valence-corrected chi connectivity index (χ4v) is 1.71. The van der Waals surface area contributed by atoms with Crippen molar-refractivity contribution in [2.75, 3.05) is 19.3 Å². The minimum absolute atomic E-state index is 0.426. The number of hydrogen-bond donors (Lipinski definition) is 1. The standard InChI is InChI=1S/C5H11NOS/c1-8(7)5-2-3-6-4-5/h5-6H,2-4H2,1H3. The van der Waals surface area contributed by atoms with Crippen LogP contribution in [0.15, 0.2) is 0 Å². The van der Waals surface area contributed by atoms with Crippen molar-refractivity contribution in [3.8, 4) is 0 Å². The van der Waals surface area contributed by atoms with E-state index in [-0.39, 0.29) is 0 Å². The lowest BCUT2D eigenvalue weighted by Crippen LogP contribution is -2.22. The van der Waals surface area contributed by atoms with Crippen LogP contribution in [-0.2, 0) is 11.2 Å². The fraction of sp³-hybridized carbons (Fsp3) is 1.00. The second kappa shape index (κ2) is 2.71. The molecule has 1 aliphatic heterocycles. The molecule has 0 aliphatic carbocycles. The fourth-order valence-electron chi connectivity index (χ4n) is 0.911. The average Bonchev–Trinajstić information content (AvgIpc) is 2.12. The third-order valence-corrected chi connectivity index (χ3v) is 2.83. The van der Waals surface area contributed by atoms with Crippen LogP contribution >= 0.6 is 0 Å². The largest absolute Gasteiger partial charge is 0.616 e. The van der Waals surface area contributed by atoms with Crippen molar-refractivity contribution in [1.82, 2.24) is 5.32 Å². The van der Waals surface area contributed by atoms with Gasteiger partial charge in [-0.05, 0) is 0 Å². The normalized spacial score (nSPS) is 33.0. The molecule has 8 heavy (non-hydrogen) atoms. The van der Waals surface area contributed by atoms with Crippen molar-refractivity contribution >= 4 is 11.2 Å². The van der Waals surface area contributed by atoms with Gasteiger partial charge in [0.25, 0.3) is 0 Å². The van der Waals surface area contributed by atoms with Gasteiger partial charge in [0, 0.05) is 19.5 Å². The van der Waals surface area contributed by atoms with E-state index >= 15 is 0 Å². The molecular formula is C5H11NOS. The molecule has 2 unspecified atom stereocenters. The lowest BCUT2D eigenvalue weighted by Gasteiger charge is -2.09. The van der Waals surface area contributed by atoms with Crippen LogP contribution in [0.25, 0.3) is 0 Å². The van der Waals surface area contributed by atoms with E-state index < -0.39 is 11.2 Å². The van der Waals surface area contributed by atoms with Crippen LogP contribution in [0, 0.1) is 0 Å². The van der Waals surface area contributed by atoms with Crippen molar-refractivity contribution < 1.29 is 4.55 Å². The molecule has 0 radical (unpaired) electrons. The van der Waals surface area contributed by atoms with Crippen LogP contribution in [-0.4, -0.2) is 29.1 Å². The van der Waals surface area contributed by atoms with E-state index in [9.17, 15) is 4.55 Å². The Morgan fingerprint density at radius 2 is 2.50 bits per heavy atom. The minimum atomic E-state index is -0.603. The topological polar surface area (TPSA) is 35.1 Å². The van der Waals surface area contributed by atoms with Crippen LogP contribution in [0.2, 0.25) is 0 Å². The summed E-state index contributed by atoms with van der Waals surface area (Å²) in [6.07, 6.45) is 2.86. The molecule has 48 valence electrons. The molecule has 1 N–H and O–H groups in total. The molecule has 2 nitrogen and oxygen atoms in total. The number of hydrogen-bond acceptors (Lipinski definition) is 2. The van der Waals surface area contributed by atoms with E-state index in [0.29, 0.717) is 5.25 Å². The molecular weight excluding hydrogens is 122 g/mol. The van der Waals surface area contributed by atoms with Gasteiger partial charge >= 0.3 is 0 Å². The molecule has 0 saturated carbocycles. The molecule has 0 spiro atoms. The highest BCUT2D eigenvalue weighted by Gasteiger charge is 2.21. The Morgan fingerprint density at radius 3 is 2.75 bits per heavy atom. The summed E-state index contributed by atoms with van der Waals surface area (Å²) >= 11 is -0.603. The molecule has 1 rings (SSSR count). The van der Waals surface area contributed by atoms with Gasteiger partial charge in [-0.1, -0.05) is 11.2 Å². The third-order valence-electron chi connectivity index (χ3n) is 1.48. The van der Waals surface area contributed by atoms with Crippen LogP contribution < -0.4 is 5.32 Å². The Morgan fingerprint density at radius 1 is 1.75 bits per heavy atom. The summed E-state index contributed by atoms with van der Waals surface area (Å²) < 4.78 is 10.7. The van der Waals surface area contributed by atoms with Crippen molar-refractivity contribution in [3.05, 3.63) is 0 Å². The second-order valence-corrected chi connectivity index (χ2v) is 3.78. The highest BCUT2D eigenvalue weighted by atomic mass is 32.2. The summed E-state index contributed by atoms with van der Waals surface area (Å²) in [7, 11) is 0. The van der Waals surface area contributed by atoms with Gasteiger partial charge in [0.15, 0.2) is 0 Å². The van der Waals surface area contributed by atoms with Crippen LogP contribution in [0.4, 0.5) is 0 Å². The summed E-state index contributed by atoms with van der Waals surface area (Å²) in [6.45, 7) is 1.99. The third kappa shape index (κ3) is 1.37. The highest BCUT2D eigenvalue weighted by Crippen LogP contribution is 2.06. The molecule has 1 aliphatic rings. The zero-order valence-corrected chi connectivity index (χ0v) is 5.83. The molecule has 0 aromatic heterocycles. The monoisotopic (exact) mass is 133 g/mol. The molecule has 0 bridgehead atoms. The van der Waals surface area contributed by atoms with Gasteiger partial charge in [0.1, 0.15) is 5.25 Å². The van der Waals surface area contributed by atoms with Crippen molar-refractivity contribution in [3.63, 3.8) is 0 Å². The van der Waals surface area contributed by atoms with Gasteiger partial charge in [-0.3, -0.25) is 0 Å². The molecule has 0 aromatic rings. The molecule has 1 saturated heterocycles. The number of rotatable bonds is 1. The predicted molar refractivity (Wildman–Crippen MR) is 35.3 cm³/mol.